The van der Waals surface area contributed by atoms with Gasteiger partial charge in [0.1, 0.15) is 0 Å². The van der Waals surface area contributed by atoms with E-state index in [4.69, 9.17) is 0 Å². The highest BCUT2D eigenvalue weighted by Gasteiger charge is 2.12. The molecule has 3 nitrogen and oxygen atoms in total. The van der Waals surface area contributed by atoms with Gasteiger partial charge in [0.2, 0.25) is 0 Å². The van der Waals surface area contributed by atoms with Gasteiger partial charge in [-0.2, -0.15) is 11.8 Å². The molecule has 2 heterocycles. The van der Waals surface area contributed by atoms with E-state index in [2.05, 4.69) is 9.88 Å². The van der Waals surface area contributed by atoms with E-state index in [-0.39, 0.29) is 6.61 Å². The Morgan fingerprint density at radius 2 is 2.33 bits per heavy atom. The average molecular weight is 224 g/mol. The number of aliphatic hydroxyl groups is 1. The van der Waals surface area contributed by atoms with Gasteiger partial charge < -0.3 is 10.0 Å². The van der Waals surface area contributed by atoms with Crippen LogP contribution in [0.3, 0.4) is 0 Å². The molecule has 0 atom stereocenters. The number of aromatic nitrogens is 1. The maximum absolute atomic E-state index is 9.26. The molecule has 1 fully saturated rings. The fourth-order valence-electron chi connectivity index (χ4n) is 1.82. The van der Waals surface area contributed by atoms with Crippen molar-refractivity contribution in [3.63, 3.8) is 0 Å². The summed E-state index contributed by atoms with van der Waals surface area (Å²) in [5, 5.41) is 9.26. The van der Waals surface area contributed by atoms with E-state index < -0.39 is 0 Å². The molecular formula is C11H16N2OS. The van der Waals surface area contributed by atoms with Crippen molar-refractivity contribution in [2.45, 2.75) is 13.0 Å². The van der Waals surface area contributed by atoms with Crippen molar-refractivity contribution in [1.29, 1.82) is 0 Å². The Hall–Kier alpha value is -0.740. The van der Waals surface area contributed by atoms with Crippen LogP contribution in [-0.4, -0.2) is 34.7 Å². The highest BCUT2D eigenvalue weighted by Crippen LogP contribution is 2.22. The number of hydrogen-bond acceptors (Lipinski definition) is 4. The molecule has 1 aliphatic heterocycles. The van der Waals surface area contributed by atoms with E-state index in [1.165, 1.54) is 17.9 Å². The van der Waals surface area contributed by atoms with Crippen molar-refractivity contribution in [2.75, 3.05) is 29.5 Å². The smallest absolute Gasteiger partial charge is 0.0703 e. The van der Waals surface area contributed by atoms with Crippen LogP contribution in [-0.2, 0) is 6.61 Å². The second kappa shape index (κ2) is 5.37. The zero-order valence-electron chi connectivity index (χ0n) is 8.72. The summed E-state index contributed by atoms with van der Waals surface area (Å²) in [5.74, 6) is 2.41. The number of rotatable bonds is 2. The second-order valence-electron chi connectivity index (χ2n) is 3.62. The van der Waals surface area contributed by atoms with Crippen LogP contribution >= 0.6 is 11.8 Å². The Morgan fingerprint density at radius 3 is 3.20 bits per heavy atom. The van der Waals surface area contributed by atoms with Crippen molar-refractivity contribution >= 4 is 17.4 Å². The summed E-state index contributed by atoms with van der Waals surface area (Å²) in [6.07, 6.45) is 4.81. The summed E-state index contributed by atoms with van der Waals surface area (Å²) in [4.78, 5) is 6.47. The van der Waals surface area contributed by atoms with E-state index in [0.29, 0.717) is 0 Å². The number of anilines is 1. The molecule has 0 radical (unpaired) electrons. The van der Waals surface area contributed by atoms with Crippen molar-refractivity contribution in [1.82, 2.24) is 4.98 Å². The Balaban J connectivity index is 2.18. The van der Waals surface area contributed by atoms with Gasteiger partial charge in [-0.1, -0.05) is 0 Å². The van der Waals surface area contributed by atoms with Crippen LogP contribution in [0.1, 0.15) is 12.0 Å². The molecule has 15 heavy (non-hydrogen) atoms. The van der Waals surface area contributed by atoms with Gasteiger partial charge in [-0.3, -0.25) is 4.98 Å². The summed E-state index contributed by atoms with van der Waals surface area (Å²) in [5.41, 5.74) is 2.08. The Morgan fingerprint density at radius 1 is 1.40 bits per heavy atom. The maximum Gasteiger partial charge on any atom is 0.0703 e. The molecular weight excluding hydrogens is 208 g/mol. The predicted octanol–water partition coefficient (Wildman–Crippen LogP) is 1.52. The van der Waals surface area contributed by atoms with Gasteiger partial charge in [0.25, 0.3) is 0 Å². The first-order chi connectivity index (χ1) is 7.42. The molecule has 0 bridgehead atoms. The van der Waals surface area contributed by atoms with Crippen LogP contribution in [0, 0.1) is 0 Å². The van der Waals surface area contributed by atoms with E-state index in [0.717, 1.165) is 24.3 Å². The molecule has 4 heteroatoms. The third-order valence-electron chi connectivity index (χ3n) is 2.62. The molecule has 0 amide bonds. The van der Waals surface area contributed by atoms with E-state index in [1.54, 1.807) is 6.20 Å². The molecule has 82 valence electrons. The van der Waals surface area contributed by atoms with Crippen LogP contribution in [0.4, 0.5) is 5.69 Å². The lowest BCUT2D eigenvalue weighted by Gasteiger charge is -2.23. The van der Waals surface area contributed by atoms with Crippen LogP contribution < -0.4 is 4.90 Å². The summed E-state index contributed by atoms with van der Waals surface area (Å²) in [6.45, 7) is 2.23. The van der Waals surface area contributed by atoms with E-state index >= 15 is 0 Å². The van der Waals surface area contributed by atoms with Gasteiger partial charge in [-0.15, -0.1) is 0 Å². The minimum Gasteiger partial charge on any atom is -0.392 e. The lowest BCUT2D eigenvalue weighted by molar-refractivity contribution is 0.282. The number of pyridine rings is 1. The molecule has 1 aliphatic rings. The van der Waals surface area contributed by atoms with Crippen LogP contribution in [0.15, 0.2) is 18.5 Å². The second-order valence-corrected chi connectivity index (χ2v) is 4.84. The Kier molecular flexibility index (Phi) is 3.86. The number of aliphatic hydroxyl groups excluding tert-OH is 1. The van der Waals surface area contributed by atoms with Gasteiger partial charge >= 0.3 is 0 Å². The Bertz CT molecular complexity index is 311. The lowest BCUT2D eigenvalue weighted by Crippen LogP contribution is -2.26. The third kappa shape index (κ3) is 2.63. The number of hydrogen-bond donors (Lipinski definition) is 1. The molecule has 2 rings (SSSR count). The number of thioether (sulfide) groups is 1. The maximum atomic E-state index is 9.26. The lowest BCUT2D eigenvalue weighted by atomic mass is 10.2. The largest absolute Gasteiger partial charge is 0.392 e. The van der Waals surface area contributed by atoms with Gasteiger partial charge in [-0.25, -0.2) is 0 Å². The van der Waals surface area contributed by atoms with Gasteiger partial charge in [0.05, 0.1) is 18.5 Å². The third-order valence-corrected chi connectivity index (χ3v) is 3.67. The predicted molar refractivity (Wildman–Crippen MR) is 64.3 cm³/mol. The van der Waals surface area contributed by atoms with E-state index in [9.17, 15) is 5.11 Å². The molecule has 1 aromatic rings. The minimum atomic E-state index is 0.0987. The molecule has 0 aromatic carbocycles. The first kappa shape index (κ1) is 10.8. The van der Waals surface area contributed by atoms with Crippen LogP contribution in [0.25, 0.3) is 0 Å². The summed E-state index contributed by atoms with van der Waals surface area (Å²) >= 11 is 2.00. The van der Waals surface area contributed by atoms with Crippen molar-refractivity contribution in [3.8, 4) is 0 Å². The first-order valence-corrected chi connectivity index (χ1v) is 6.43. The SMILES string of the molecule is OCc1ccncc1N1CCCSCC1. The minimum absolute atomic E-state index is 0.0987. The normalized spacial score (nSPS) is 17.5. The fourth-order valence-corrected chi connectivity index (χ4v) is 2.71. The summed E-state index contributed by atoms with van der Waals surface area (Å²) in [7, 11) is 0. The van der Waals surface area contributed by atoms with Gasteiger partial charge in [0.15, 0.2) is 0 Å². The van der Waals surface area contributed by atoms with Crippen molar-refractivity contribution in [3.05, 3.63) is 24.0 Å². The molecule has 1 N–H and O–H groups in total. The molecule has 0 unspecified atom stereocenters. The monoisotopic (exact) mass is 224 g/mol. The molecule has 1 aromatic heterocycles. The molecule has 0 saturated carbocycles. The fraction of sp³-hybridized carbons (Fsp3) is 0.545. The van der Waals surface area contributed by atoms with Crippen LogP contribution in [0.2, 0.25) is 0 Å². The molecule has 0 aliphatic carbocycles. The highest BCUT2D eigenvalue weighted by molar-refractivity contribution is 7.99. The van der Waals surface area contributed by atoms with Gasteiger partial charge in [0, 0.05) is 30.6 Å². The number of nitrogens with zero attached hydrogens (tertiary/aromatic N) is 2. The van der Waals surface area contributed by atoms with Crippen molar-refractivity contribution < 1.29 is 5.11 Å². The zero-order chi connectivity index (χ0) is 10.5. The quantitative estimate of drug-likeness (QED) is 0.826. The average Bonchev–Trinajstić information content (AvgIpc) is 2.57. The van der Waals surface area contributed by atoms with E-state index in [1.807, 2.05) is 24.0 Å². The van der Waals surface area contributed by atoms with Gasteiger partial charge in [-0.05, 0) is 18.2 Å². The Labute approximate surface area is 94.5 Å². The summed E-state index contributed by atoms with van der Waals surface area (Å²) in [6, 6.07) is 1.90. The standard InChI is InChI=1S/C11H16N2OS/c14-9-10-2-3-12-8-11(10)13-4-1-6-15-7-5-13/h2-3,8,14H,1,4-7,9H2. The first-order valence-electron chi connectivity index (χ1n) is 5.28. The topological polar surface area (TPSA) is 36.4 Å². The molecule has 0 spiro atoms. The van der Waals surface area contributed by atoms with Crippen molar-refractivity contribution in [2.24, 2.45) is 0 Å². The zero-order valence-corrected chi connectivity index (χ0v) is 9.54. The highest BCUT2D eigenvalue weighted by atomic mass is 32.2. The van der Waals surface area contributed by atoms with Crippen LogP contribution in [0.5, 0.6) is 0 Å². The molecule has 1 saturated heterocycles. The summed E-state index contributed by atoms with van der Waals surface area (Å²) < 4.78 is 0.